The summed E-state index contributed by atoms with van der Waals surface area (Å²) in [5.74, 6) is 1.39. The fourth-order valence-electron chi connectivity index (χ4n) is 4.95. The quantitative estimate of drug-likeness (QED) is 0.189. The number of fused-ring (bicyclic) bond motifs is 1. The van der Waals surface area contributed by atoms with E-state index < -0.39 is 17.9 Å². The molecular weight excluding hydrogens is 561 g/mol. The van der Waals surface area contributed by atoms with E-state index >= 15 is 0 Å². The molecule has 5 aromatic carbocycles. The van der Waals surface area contributed by atoms with Gasteiger partial charge in [-0.15, -0.1) is 0 Å². The molecule has 0 spiro atoms. The van der Waals surface area contributed by atoms with Crippen LogP contribution < -0.4 is 24.8 Å². The van der Waals surface area contributed by atoms with E-state index in [1.54, 1.807) is 24.3 Å². The number of rotatable bonds is 9. The van der Waals surface area contributed by atoms with Crippen molar-refractivity contribution >= 4 is 34.3 Å². The Morgan fingerprint density at radius 1 is 0.738 bits per heavy atom. The minimum absolute atomic E-state index is 0.178. The zero-order valence-corrected chi connectivity index (χ0v) is 24.8. The largest absolute Gasteiger partial charge is 0.454 e. The third-order valence-corrected chi connectivity index (χ3v) is 11.2. The molecule has 5 aromatic rings. The van der Waals surface area contributed by atoms with E-state index in [9.17, 15) is 8.42 Å². The van der Waals surface area contributed by atoms with Crippen LogP contribution >= 0.6 is 7.92 Å². The van der Waals surface area contributed by atoms with Gasteiger partial charge in [0.05, 0.1) is 10.6 Å². The van der Waals surface area contributed by atoms with Gasteiger partial charge in [0.2, 0.25) is 6.79 Å². The van der Waals surface area contributed by atoms with Crippen molar-refractivity contribution in [2.45, 2.75) is 17.5 Å². The highest BCUT2D eigenvalue weighted by molar-refractivity contribution is 7.89. The number of benzene rings is 5. The molecule has 1 aliphatic heterocycles. The van der Waals surface area contributed by atoms with Gasteiger partial charge in [-0.3, -0.25) is 4.72 Å². The molecule has 0 unspecified atom stereocenters. The first-order valence-electron chi connectivity index (χ1n) is 13.6. The molecule has 1 heterocycles. The molecule has 210 valence electrons. The van der Waals surface area contributed by atoms with Crippen LogP contribution in [0.15, 0.2) is 144 Å². The van der Waals surface area contributed by atoms with E-state index in [1.165, 1.54) is 10.6 Å². The molecule has 0 aliphatic carbocycles. The van der Waals surface area contributed by atoms with Crippen molar-refractivity contribution in [1.82, 2.24) is 4.72 Å². The third kappa shape index (κ3) is 6.11. The Labute approximate surface area is 248 Å². The predicted molar refractivity (Wildman–Crippen MR) is 170 cm³/mol. The maximum absolute atomic E-state index is 13.7. The van der Waals surface area contributed by atoms with Crippen molar-refractivity contribution in [3.05, 3.63) is 156 Å². The van der Waals surface area contributed by atoms with Gasteiger partial charge in [0.15, 0.2) is 11.5 Å². The monoisotopic (exact) mass is 591 g/mol. The minimum Gasteiger partial charge on any atom is -0.454 e. The fourth-order valence-corrected chi connectivity index (χ4v) is 8.72. The van der Waals surface area contributed by atoms with Crippen LogP contribution in [0.5, 0.6) is 11.5 Å². The first kappa shape index (κ1) is 27.8. The summed E-state index contributed by atoms with van der Waals surface area (Å²) in [5, 5.41) is 2.35. The summed E-state index contributed by atoms with van der Waals surface area (Å²) in [7, 11) is -4.90. The summed E-state index contributed by atoms with van der Waals surface area (Å²) >= 11 is 0. The highest BCUT2D eigenvalue weighted by atomic mass is 32.2. The summed E-state index contributed by atoms with van der Waals surface area (Å²) in [6.45, 7) is 2.11. The van der Waals surface area contributed by atoms with E-state index in [-0.39, 0.29) is 17.3 Å². The van der Waals surface area contributed by atoms with E-state index in [1.807, 2.05) is 91.9 Å². The van der Waals surface area contributed by atoms with Gasteiger partial charge >= 0.3 is 0 Å². The summed E-state index contributed by atoms with van der Waals surface area (Å²) in [6, 6.07) is 43.3. The lowest BCUT2D eigenvalue weighted by Crippen LogP contribution is -2.24. The molecule has 1 atom stereocenters. The molecule has 0 amide bonds. The maximum Gasteiger partial charge on any atom is 0.261 e. The zero-order chi connectivity index (χ0) is 28.9. The highest BCUT2D eigenvalue weighted by Crippen LogP contribution is 2.52. The fraction of sp³-hybridized carbons (Fsp3) is 0.0857. The molecule has 1 aliphatic rings. The van der Waals surface area contributed by atoms with E-state index in [4.69, 9.17) is 9.47 Å². The lowest BCUT2D eigenvalue weighted by Gasteiger charge is -2.28. The maximum atomic E-state index is 13.7. The number of allylic oxidation sites excluding steroid dienone is 1. The van der Waals surface area contributed by atoms with E-state index in [0.29, 0.717) is 17.2 Å². The average molecular weight is 592 g/mol. The Morgan fingerprint density at radius 2 is 1.31 bits per heavy atom. The predicted octanol–water partition coefficient (Wildman–Crippen LogP) is 6.92. The number of sulfonamides is 1. The van der Waals surface area contributed by atoms with Gasteiger partial charge in [-0.2, -0.15) is 0 Å². The molecule has 0 aromatic heterocycles. The number of nitrogens with one attached hydrogen (secondary N) is 1. The van der Waals surface area contributed by atoms with Crippen LogP contribution in [0.4, 0.5) is 0 Å². The Kier molecular flexibility index (Phi) is 8.09. The first-order chi connectivity index (χ1) is 20.5. The van der Waals surface area contributed by atoms with Crippen LogP contribution in [0.3, 0.4) is 0 Å². The standard InChI is InChI=1S/C35H30NO4PS/c1-26-17-20-31(21-18-26)42(37,38)36-32(27-11-5-2-6-12-27)24-35(28-19-22-33-34(23-28)40-25-39-33)41(29-13-7-3-8-14-29)30-15-9-4-10-16-30/h2-24,35-36H,25H2,1H3/b32-24-/t35-/m1/s1. The normalized spacial score (nSPS) is 13.6. The van der Waals surface area contributed by atoms with Gasteiger partial charge in [-0.05, 0) is 66.9 Å². The van der Waals surface area contributed by atoms with E-state index in [0.717, 1.165) is 16.7 Å². The number of aryl methyl sites for hydroxylation is 1. The molecule has 0 radical (unpaired) electrons. The van der Waals surface area contributed by atoms with Crippen LogP contribution in [0.25, 0.3) is 5.70 Å². The Hall–Kier alpha value is -4.38. The van der Waals surface area contributed by atoms with E-state index in [2.05, 4.69) is 35.1 Å². The SMILES string of the molecule is Cc1ccc(S(=O)(=O)N/C(=C\[C@H](c2ccc3c(c2)OCO3)P(c2ccccc2)c2ccccc2)c2ccccc2)cc1. The molecule has 0 fully saturated rings. The van der Waals surface area contributed by atoms with Crippen LogP contribution in [0, 0.1) is 6.92 Å². The minimum atomic E-state index is -3.87. The molecule has 42 heavy (non-hydrogen) atoms. The summed E-state index contributed by atoms with van der Waals surface area (Å²) in [6.07, 6.45) is 2.06. The number of ether oxygens (including phenoxy) is 2. The second kappa shape index (κ2) is 12.2. The van der Waals surface area contributed by atoms with Crippen LogP contribution in [0.1, 0.15) is 22.3 Å². The Bertz CT molecular complexity index is 1750. The van der Waals surface area contributed by atoms with Crippen molar-refractivity contribution in [2.24, 2.45) is 0 Å². The van der Waals surface area contributed by atoms with Crippen LogP contribution in [-0.2, 0) is 10.0 Å². The van der Waals surface area contributed by atoms with Gasteiger partial charge in [0.25, 0.3) is 10.0 Å². The Morgan fingerprint density at radius 3 is 1.93 bits per heavy atom. The summed E-state index contributed by atoms with van der Waals surface area (Å²) in [4.78, 5) is 0.211. The molecule has 5 nitrogen and oxygen atoms in total. The Balaban J connectivity index is 1.55. The zero-order valence-electron chi connectivity index (χ0n) is 23.1. The second-order valence-electron chi connectivity index (χ2n) is 9.96. The van der Waals surface area contributed by atoms with Gasteiger partial charge in [0, 0.05) is 5.66 Å². The second-order valence-corrected chi connectivity index (χ2v) is 14.0. The number of hydrogen-bond donors (Lipinski definition) is 1. The number of hydrogen-bond acceptors (Lipinski definition) is 4. The van der Waals surface area contributed by atoms with Gasteiger partial charge < -0.3 is 9.47 Å². The molecule has 6 rings (SSSR count). The highest BCUT2D eigenvalue weighted by Gasteiger charge is 2.28. The van der Waals surface area contributed by atoms with Crippen molar-refractivity contribution in [3.8, 4) is 11.5 Å². The first-order valence-corrected chi connectivity index (χ1v) is 16.5. The average Bonchev–Trinajstić information content (AvgIpc) is 3.50. The third-order valence-electron chi connectivity index (χ3n) is 7.07. The van der Waals surface area contributed by atoms with Crippen molar-refractivity contribution in [1.29, 1.82) is 0 Å². The molecule has 0 saturated carbocycles. The molecule has 0 saturated heterocycles. The van der Waals surface area contributed by atoms with Crippen molar-refractivity contribution in [3.63, 3.8) is 0 Å². The summed E-state index contributed by atoms with van der Waals surface area (Å²) < 4.78 is 41.8. The van der Waals surface area contributed by atoms with Gasteiger partial charge in [-0.25, -0.2) is 8.42 Å². The lowest BCUT2D eigenvalue weighted by molar-refractivity contribution is 0.174. The molecule has 1 N–H and O–H groups in total. The smallest absolute Gasteiger partial charge is 0.261 e. The van der Waals surface area contributed by atoms with Crippen LogP contribution in [-0.4, -0.2) is 15.2 Å². The van der Waals surface area contributed by atoms with Gasteiger partial charge in [-0.1, -0.05) is 115 Å². The molecule has 7 heteroatoms. The molecular formula is C35H30NO4PS. The van der Waals surface area contributed by atoms with Crippen molar-refractivity contribution < 1.29 is 17.9 Å². The van der Waals surface area contributed by atoms with Gasteiger partial charge in [0.1, 0.15) is 0 Å². The van der Waals surface area contributed by atoms with Crippen LogP contribution in [0.2, 0.25) is 0 Å². The summed E-state index contributed by atoms with van der Waals surface area (Å²) in [5.41, 5.74) is 3.07. The lowest BCUT2D eigenvalue weighted by atomic mass is 10.1. The topological polar surface area (TPSA) is 64.6 Å². The molecule has 0 bridgehead atoms. The van der Waals surface area contributed by atoms with Crippen molar-refractivity contribution in [2.75, 3.05) is 6.79 Å².